The number of anilines is 1. The number of oxazole rings is 1. The SMILES string of the molecule is Brc1ccoc1CNc1ccc2oc(C3CC3)nc2c1. The van der Waals surface area contributed by atoms with E-state index in [0.29, 0.717) is 12.5 Å². The van der Waals surface area contributed by atoms with Gasteiger partial charge in [-0.3, -0.25) is 0 Å². The minimum Gasteiger partial charge on any atom is -0.466 e. The Hall–Kier alpha value is -1.75. The van der Waals surface area contributed by atoms with Gasteiger partial charge in [0.15, 0.2) is 11.5 Å². The van der Waals surface area contributed by atoms with Gasteiger partial charge in [-0.05, 0) is 53.0 Å². The molecule has 2 aromatic heterocycles. The van der Waals surface area contributed by atoms with Gasteiger partial charge in [-0.1, -0.05) is 0 Å². The quantitative estimate of drug-likeness (QED) is 0.754. The molecule has 5 heteroatoms. The highest BCUT2D eigenvalue weighted by Gasteiger charge is 2.28. The smallest absolute Gasteiger partial charge is 0.198 e. The molecule has 0 spiro atoms. The van der Waals surface area contributed by atoms with Gasteiger partial charge < -0.3 is 14.2 Å². The number of benzene rings is 1. The number of aromatic nitrogens is 1. The number of nitrogens with one attached hydrogen (secondary N) is 1. The standard InChI is InChI=1S/C15H13BrN2O2/c16-11-5-6-19-14(11)8-17-10-3-4-13-12(7-10)18-15(20-13)9-1-2-9/h3-7,9,17H,1-2,8H2. The van der Waals surface area contributed by atoms with Crippen molar-refractivity contribution < 1.29 is 8.83 Å². The third-order valence-electron chi connectivity index (χ3n) is 3.47. The zero-order valence-corrected chi connectivity index (χ0v) is 12.3. The fourth-order valence-electron chi connectivity index (χ4n) is 2.19. The first-order valence-electron chi connectivity index (χ1n) is 6.66. The molecule has 0 saturated heterocycles. The number of nitrogens with zero attached hydrogens (tertiary/aromatic N) is 1. The minimum atomic E-state index is 0.540. The first-order chi connectivity index (χ1) is 9.79. The van der Waals surface area contributed by atoms with Crippen molar-refractivity contribution in [3.63, 3.8) is 0 Å². The molecule has 2 heterocycles. The molecule has 0 atom stereocenters. The van der Waals surface area contributed by atoms with Gasteiger partial charge >= 0.3 is 0 Å². The normalized spacial score (nSPS) is 14.8. The Balaban J connectivity index is 1.55. The Kier molecular flexibility index (Phi) is 2.80. The van der Waals surface area contributed by atoms with Crippen molar-refractivity contribution in [2.45, 2.75) is 25.3 Å². The summed E-state index contributed by atoms with van der Waals surface area (Å²) in [6.07, 6.45) is 4.07. The topological polar surface area (TPSA) is 51.2 Å². The molecular formula is C15H13BrN2O2. The van der Waals surface area contributed by atoms with Crippen LogP contribution < -0.4 is 5.32 Å². The van der Waals surface area contributed by atoms with Gasteiger partial charge in [0.2, 0.25) is 0 Å². The molecule has 3 aromatic rings. The van der Waals surface area contributed by atoms with E-state index in [1.165, 1.54) is 12.8 Å². The molecule has 0 amide bonds. The van der Waals surface area contributed by atoms with E-state index in [2.05, 4.69) is 26.2 Å². The monoisotopic (exact) mass is 332 g/mol. The van der Waals surface area contributed by atoms with E-state index in [9.17, 15) is 0 Å². The molecule has 0 radical (unpaired) electrons. The number of hydrogen-bond donors (Lipinski definition) is 1. The van der Waals surface area contributed by atoms with Crippen molar-refractivity contribution in [2.24, 2.45) is 0 Å². The van der Waals surface area contributed by atoms with Crippen molar-refractivity contribution in [1.82, 2.24) is 4.98 Å². The summed E-state index contributed by atoms with van der Waals surface area (Å²) in [7, 11) is 0. The zero-order chi connectivity index (χ0) is 13.5. The summed E-state index contributed by atoms with van der Waals surface area (Å²) in [5, 5.41) is 3.33. The molecule has 0 bridgehead atoms. The molecule has 0 aliphatic heterocycles. The van der Waals surface area contributed by atoms with E-state index in [1.54, 1.807) is 6.26 Å². The van der Waals surface area contributed by atoms with E-state index in [-0.39, 0.29) is 0 Å². The average Bonchev–Trinajstić information content (AvgIpc) is 3.09. The van der Waals surface area contributed by atoms with Gasteiger partial charge in [0.05, 0.1) is 17.3 Å². The van der Waals surface area contributed by atoms with Crippen LogP contribution in [0.3, 0.4) is 0 Å². The summed E-state index contributed by atoms with van der Waals surface area (Å²) < 4.78 is 12.1. The summed E-state index contributed by atoms with van der Waals surface area (Å²) in [4.78, 5) is 4.56. The first kappa shape index (κ1) is 12.0. The molecule has 1 N–H and O–H groups in total. The number of furan rings is 1. The van der Waals surface area contributed by atoms with E-state index in [4.69, 9.17) is 8.83 Å². The van der Waals surface area contributed by atoms with Crippen LogP contribution in [-0.2, 0) is 6.54 Å². The van der Waals surface area contributed by atoms with Gasteiger partial charge in [-0.15, -0.1) is 0 Å². The number of fused-ring (bicyclic) bond motifs is 1. The predicted octanol–water partition coefficient (Wildman–Crippen LogP) is 4.67. The van der Waals surface area contributed by atoms with Crippen molar-refractivity contribution in [3.8, 4) is 0 Å². The van der Waals surface area contributed by atoms with Gasteiger partial charge in [-0.2, -0.15) is 0 Å². The molecule has 1 aromatic carbocycles. The van der Waals surface area contributed by atoms with Crippen LogP contribution in [0, 0.1) is 0 Å². The van der Waals surface area contributed by atoms with Crippen molar-refractivity contribution in [1.29, 1.82) is 0 Å². The van der Waals surface area contributed by atoms with Gasteiger partial charge in [0.25, 0.3) is 0 Å². The first-order valence-corrected chi connectivity index (χ1v) is 7.45. The van der Waals surface area contributed by atoms with E-state index < -0.39 is 0 Å². The predicted molar refractivity (Wildman–Crippen MR) is 79.7 cm³/mol. The van der Waals surface area contributed by atoms with Gasteiger partial charge in [-0.25, -0.2) is 4.98 Å². The highest BCUT2D eigenvalue weighted by atomic mass is 79.9. The molecule has 20 heavy (non-hydrogen) atoms. The minimum absolute atomic E-state index is 0.540. The third kappa shape index (κ3) is 2.22. The van der Waals surface area contributed by atoms with Crippen LogP contribution in [0.15, 0.2) is 43.8 Å². The molecular weight excluding hydrogens is 320 g/mol. The molecule has 0 unspecified atom stereocenters. The Morgan fingerprint density at radius 2 is 2.20 bits per heavy atom. The maximum Gasteiger partial charge on any atom is 0.198 e. The fourth-order valence-corrected chi connectivity index (χ4v) is 2.54. The van der Waals surface area contributed by atoms with Gasteiger partial charge in [0.1, 0.15) is 11.3 Å². The largest absolute Gasteiger partial charge is 0.466 e. The third-order valence-corrected chi connectivity index (χ3v) is 4.18. The van der Waals surface area contributed by atoms with Crippen LogP contribution in [0.5, 0.6) is 0 Å². The lowest BCUT2D eigenvalue weighted by Gasteiger charge is -2.04. The van der Waals surface area contributed by atoms with E-state index in [0.717, 1.165) is 32.9 Å². The highest BCUT2D eigenvalue weighted by molar-refractivity contribution is 9.10. The summed E-state index contributed by atoms with van der Waals surface area (Å²) in [6, 6.07) is 7.87. The summed E-state index contributed by atoms with van der Waals surface area (Å²) in [5.41, 5.74) is 2.78. The molecule has 1 aliphatic carbocycles. The average molecular weight is 333 g/mol. The zero-order valence-electron chi connectivity index (χ0n) is 10.7. The molecule has 1 fully saturated rings. The van der Waals surface area contributed by atoms with Crippen molar-refractivity contribution >= 4 is 32.7 Å². The molecule has 4 nitrogen and oxygen atoms in total. The maximum absolute atomic E-state index is 5.75. The van der Waals surface area contributed by atoms with E-state index in [1.807, 2.05) is 24.3 Å². The number of rotatable bonds is 4. The van der Waals surface area contributed by atoms with Crippen LogP contribution >= 0.6 is 15.9 Å². The summed E-state index contributed by atoms with van der Waals surface area (Å²) in [6.45, 7) is 0.631. The highest BCUT2D eigenvalue weighted by Crippen LogP contribution is 2.40. The Labute approximate surface area is 124 Å². The summed E-state index contributed by atoms with van der Waals surface area (Å²) >= 11 is 3.44. The maximum atomic E-state index is 5.75. The van der Waals surface area contributed by atoms with Crippen LogP contribution in [0.2, 0.25) is 0 Å². The lowest BCUT2D eigenvalue weighted by Crippen LogP contribution is -1.98. The Bertz CT molecular complexity index is 758. The van der Waals surface area contributed by atoms with Crippen LogP contribution in [-0.4, -0.2) is 4.98 Å². The second-order valence-electron chi connectivity index (χ2n) is 5.05. The lowest BCUT2D eigenvalue weighted by atomic mass is 10.3. The Morgan fingerprint density at radius 3 is 2.95 bits per heavy atom. The van der Waals surface area contributed by atoms with Crippen molar-refractivity contribution in [3.05, 3.63) is 46.7 Å². The molecule has 1 aliphatic rings. The van der Waals surface area contributed by atoms with Gasteiger partial charge in [0, 0.05) is 11.6 Å². The van der Waals surface area contributed by atoms with Crippen molar-refractivity contribution in [2.75, 3.05) is 5.32 Å². The molecule has 1 saturated carbocycles. The lowest BCUT2D eigenvalue weighted by molar-refractivity contribution is 0.516. The number of halogens is 1. The molecule has 4 rings (SSSR count). The second-order valence-corrected chi connectivity index (χ2v) is 5.91. The van der Waals surface area contributed by atoms with E-state index >= 15 is 0 Å². The number of hydrogen-bond acceptors (Lipinski definition) is 4. The van der Waals surface area contributed by atoms with Crippen LogP contribution in [0.4, 0.5) is 5.69 Å². The molecule has 102 valence electrons. The summed E-state index contributed by atoms with van der Waals surface area (Å²) in [5.74, 6) is 2.30. The van der Waals surface area contributed by atoms with Crippen LogP contribution in [0.25, 0.3) is 11.1 Å². The van der Waals surface area contributed by atoms with Crippen LogP contribution in [0.1, 0.15) is 30.4 Å². The Morgan fingerprint density at radius 1 is 1.30 bits per heavy atom. The fraction of sp³-hybridized carbons (Fsp3) is 0.267. The second kappa shape index (κ2) is 4.66.